The largest absolute Gasteiger partial charge is 0.465 e. The van der Waals surface area contributed by atoms with Crippen LogP contribution in [0, 0.1) is 11.3 Å². The van der Waals surface area contributed by atoms with Crippen molar-refractivity contribution in [3.63, 3.8) is 0 Å². The van der Waals surface area contributed by atoms with Gasteiger partial charge in [-0.1, -0.05) is 6.92 Å². The zero-order chi connectivity index (χ0) is 16.1. The second kappa shape index (κ2) is 6.68. The fourth-order valence-electron chi connectivity index (χ4n) is 2.09. The molecular weight excluding hydrogens is 282 g/mol. The minimum atomic E-state index is -0.410. The van der Waals surface area contributed by atoms with Crippen molar-refractivity contribution in [2.75, 3.05) is 12.8 Å². The number of anilines is 1. The molecule has 0 spiro atoms. The monoisotopic (exact) mass is 299 g/mol. The van der Waals surface area contributed by atoms with Gasteiger partial charge in [-0.3, -0.25) is 0 Å². The number of nitriles is 1. The molecule has 1 aromatic heterocycles. The third-order valence-electron chi connectivity index (χ3n) is 3.13. The molecule has 0 unspecified atom stereocenters. The van der Waals surface area contributed by atoms with Gasteiger partial charge in [0.05, 0.1) is 18.4 Å². The SMILES string of the molecule is CCCn1c(C#N)cc(N)c1Oc1ccc(C(=O)OC)cc1. The zero-order valence-electron chi connectivity index (χ0n) is 12.5. The van der Waals surface area contributed by atoms with Gasteiger partial charge in [0.2, 0.25) is 5.88 Å². The highest BCUT2D eigenvalue weighted by atomic mass is 16.5. The van der Waals surface area contributed by atoms with Crippen molar-refractivity contribution in [2.45, 2.75) is 19.9 Å². The Morgan fingerprint density at radius 1 is 1.36 bits per heavy atom. The zero-order valence-corrected chi connectivity index (χ0v) is 12.5. The molecule has 2 rings (SSSR count). The van der Waals surface area contributed by atoms with Crippen LogP contribution in [0.5, 0.6) is 11.6 Å². The van der Waals surface area contributed by atoms with E-state index in [0.29, 0.717) is 35.1 Å². The number of methoxy groups -OCH3 is 1. The van der Waals surface area contributed by atoms with E-state index in [1.807, 2.05) is 6.92 Å². The first-order valence-corrected chi connectivity index (χ1v) is 6.86. The number of carbonyl (C=O) groups is 1. The van der Waals surface area contributed by atoms with E-state index in [9.17, 15) is 4.79 Å². The van der Waals surface area contributed by atoms with Gasteiger partial charge in [0.15, 0.2) is 0 Å². The first kappa shape index (κ1) is 15.4. The number of hydrogen-bond acceptors (Lipinski definition) is 5. The van der Waals surface area contributed by atoms with E-state index in [-0.39, 0.29) is 0 Å². The first-order chi connectivity index (χ1) is 10.6. The lowest BCUT2D eigenvalue weighted by Gasteiger charge is -2.11. The molecule has 2 N–H and O–H groups in total. The summed E-state index contributed by atoms with van der Waals surface area (Å²) in [7, 11) is 1.33. The van der Waals surface area contributed by atoms with Crippen LogP contribution >= 0.6 is 0 Å². The van der Waals surface area contributed by atoms with Gasteiger partial charge >= 0.3 is 5.97 Å². The van der Waals surface area contributed by atoms with Gasteiger partial charge in [0.1, 0.15) is 17.5 Å². The summed E-state index contributed by atoms with van der Waals surface area (Å²) in [4.78, 5) is 11.4. The van der Waals surface area contributed by atoms with Crippen LogP contribution in [0.2, 0.25) is 0 Å². The van der Waals surface area contributed by atoms with Crippen molar-refractivity contribution in [3.05, 3.63) is 41.6 Å². The Balaban J connectivity index is 2.29. The van der Waals surface area contributed by atoms with Crippen molar-refractivity contribution >= 4 is 11.7 Å². The van der Waals surface area contributed by atoms with Crippen LogP contribution in [-0.2, 0) is 11.3 Å². The Morgan fingerprint density at radius 3 is 2.59 bits per heavy atom. The molecule has 0 radical (unpaired) electrons. The molecule has 2 aromatic rings. The normalized spacial score (nSPS) is 10.0. The van der Waals surface area contributed by atoms with Crippen molar-refractivity contribution in [1.29, 1.82) is 5.26 Å². The molecule has 6 heteroatoms. The number of rotatable bonds is 5. The molecule has 0 bridgehead atoms. The maximum atomic E-state index is 11.4. The predicted molar refractivity (Wildman–Crippen MR) is 81.7 cm³/mol. The van der Waals surface area contributed by atoms with E-state index in [0.717, 1.165) is 6.42 Å². The van der Waals surface area contributed by atoms with E-state index >= 15 is 0 Å². The maximum Gasteiger partial charge on any atom is 0.337 e. The summed E-state index contributed by atoms with van der Waals surface area (Å²) >= 11 is 0. The number of nitrogens with zero attached hydrogens (tertiary/aromatic N) is 2. The Labute approximate surface area is 128 Å². The fourth-order valence-corrected chi connectivity index (χ4v) is 2.09. The molecule has 0 aliphatic heterocycles. The van der Waals surface area contributed by atoms with Crippen LogP contribution < -0.4 is 10.5 Å². The van der Waals surface area contributed by atoms with E-state index in [4.69, 9.17) is 15.7 Å². The summed E-state index contributed by atoms with van der Waals surface area (Å²) in [5.41, 5.74) is 7.22. The average molecular weight is 299 g/mol. The van der Waals surface area contributed by atoms with Gasteiger partial charge in [-0.2, -0.15) is 5.26 Å². The Morgan fingerprint density at radius 2 is 2.05 bits per heavy atom. The molecule has 0 amide bonds. The van der Waals surface area contributed by atoms with Crippen molar-refractivity contribution < 1.29 is 14.3 Å². The molecule has 0 fully saturated rings. The summed E-state index contributed by atoms with van der Waals surface area (Å²) < 4.78 is 12.2. The van der Waals surface area contributed by atoms with Crippen molar-refractivity contribution in [1.82, 2.24) is 4.57 Å². The average Bonchev–Trinajstić information content (AvgIpc) is 2.84. The molecule has 22 heavy (non-hydrogen) atoms. The molecule has 0 saturated carbocycles. The molecule has 0 atom stereocenters. The minimum Gasteiger partial charge on any atom is -0.465 e. The van der Waals surface area contributed by atoms with Crippen molar-refractivity contribution in [3.8, 4) is 17.7 Å². The number of ether oxygens (including phenoxy) is 2. The summed E-state index contributed by atoms with van der Waals surface area (Å²) in [6.07, 6.45) is 0.848. The summed E-state index contributed by atoms with van der Waals surface area (Å²) in [5, 5.41) is 9.14. The molecule has 6 nitrogen and oxygen atoms in total. The summed E-state index contributed by atoms with van der Waals surface area (Å²) in [5.74, 6) is 0.552. The minimum absolute atomic E-state index is 0.405. The van der Waals surface area contributed by atoms with Crippen LogP contribution in [0.3, 0.4) is 0 Å². The molecule has 114 valence electrons. The third kappa shape index (κ3) is 3.04. The van der Waals surface area contributed by atoms with Crippen LogP contribution in [0.4, 0.5) is 5.69 Å². The first-order valence-electron chi connectivity index (χ1n) is 6.86. The van der Waals surface area contributed by atoms with Gasteiger partial charge in [-0.05, 0) is 30.7 Å². The van der Waals surface area contributed by atoms with Gasteiger partial charge in [-0.25, -0.2) is 4.79 Å². The van der Waals surface area contributed by atoms with Gasteiger partial charge in [0.25, 0.3) is 0 Å². The van der Waals surface area contributed by atoms with Crippen LogP contribution in [0.15, 0.2) is 30.3 Å². The molecule has 0 aliphatic carbocycles. The molecular formula is C16H17N3O3. The van der Waals surface area contributed by atoms with Crippen molar-refractivity contribution in [2.24, 2.45) is 0 Å². The Hall–Kier alpha value is -2.94. The number of carbonyl (C=O) groups excluding carboxylic acids is 1. The highest BCUT2D eigenvalue weighted by Gasteiger charge is 2.15. The highest BCUT2D eigenvalue weighted by Crippen LogP contribution is 2.31. The number of hydrogen-bond donors (Lipinski definition) is 1. The van der Waals surface area contributed by atoms with Crippen LogP contribution in [0.1, 0.15) is 29.4 Å². The second-order valence-corrected chi connectivity index (χ2v) is 4.67. The standard InChI is InChI=1S/C16H17N3O3/c1-3-8-19-12(10-17)9-14(18)15(19)22-13-6-4-11(5-7-13)16(20)21-2/h4-7,9H,3,8,18H2,1-2H3. The molecule has 0 saturated heterocycles. The number of benzene rings is 1. The van der Waals surface area contributed by atoms with Gasteiger partial charge < -0.3 is 19.8 Å². The predicted octanol–water partition coefficient (Wildman–Crippen LogP) is 2.93. The summed E-state index contributed by atoms with van der Waals surface area (Å²) in [6, 6.07) is 10.2. The number of nitrogens with two attached hydrogens (primary N) is 1. The third-order valence-corrected chi connectivity index (χ3v) is 3.13. The molecule has 1 heterocycles. The highest BCUT2D eigenvalue weighted by molar-refractivity contribution is 5.89. The van der Waals surface area contributed by atoms with Gasteiger partial charge in [0, 0.05) is 12.6 Å². The number of nitrogen functional groups attached to an aromatic ring is 1. The second-order valence-electron chi connectivity index (χ2n) is 4.67. The lowest BCUT2D eigenvalue weighted by Crippen LogP contribution is -2.04. The lowest BCUT2D eigenvalue weighted by atomic mass is 10.2. The molecule has 1 aromatic carbocycles. The maximum absolute atomic E-state index is 11.4. The summed E-state index contributed by atoms with van der Waals surface area (Å²) in [6.45, 7) is 2.64. The van der Waals surface area contributed by atoms with E-state index in [1.165, 1.54) is 7.11 Å². The number of aromatic nitrogens is 1. The quantitative estimate of drug-likeness (QED) is 0.857. The van der Waals surface area contributed by atoms with Crippen LogP contribution in [-0.4, -0.2) is 17.6 Å². The fraction of sp³-hybridized carbons (Fsp3) is 0.250. The Bertz CT molecular complexity index is 711. The van der Waals surface area contributed by atoms with E-state index < -0.39 is 5.97 Å². The van der Waals surface area contributed by atoms with Crippen LogP contribution in [0.25, 0.3) is 0 Å². The number of esters is 1. The molecule has 0 aliphatic rings. The smallest absolute Gasteiger partial charge is 0.337 e. The van der Waals surface area contributed by atoms with E-state index in [2.05, 4.69) is 10.8 Å². The topological polar surface area (TPSA) is 90.3 Å². The Kier molecular flexibility index (Phi) is 4.69. The lowest BCUT2D eigenvalue weighted by molar-refractivity contribution is 0.0600. The van der Waals surface area contributed by atoms with Gasteiger partial charge in [-0.15, -0.1) is 0 Å². The van der Waals surface area contributed by atoms with E-state index in [1.54, 1.807) is 34.9 Å².